The summed E-state index contributed by atoms with van der Waals surface area (Å²) >= 11 is 5.87. The van der Waals surface area contributed by atoms with E-state index in [0.717, 1.165) is 5.56 Å². The van der Waals surface area contributed by atoms with E-state index in [4.69, 9.17) is 16.3 Å². The Bertz CT molecular complexity index is 610. The van der Waals surface area contributed by atoms with Crippen LogP contribution in [0.5, 0.6) is 5.75 Å². The first-order valence-electron chi connectivity index (χ1n) is 6.02. The van der Waals surface area contributed by atoms with Gasteiger partial charge in [0.2, 0.25) is 0 Å². The lowest BCUT2D eigenvalue weighted by atomic mass is 10.1. The van der Waals surface area contributed by atoms with Crippen LogP contribution < -0.4 is 10.1 Å². The molecular formula is C15H12ClNO2. The number of nitrogens with one attached hydrogen (secondary N) is 1. The molecule has 0 saturated carbocycles. The van der Waals surface area contributed by atoms with Gasteiger partial charge in [0.25, 0.3) is 5.91 Å². The third-order valence-electron chi connectivity index (χ3n) is 3.11. The predicted octanol–water partition coefficient (Wildman–Crippen LogP) is 3.20. The number of amides is 1. The van der Waals surface area contributed by atoms with Crippen LogP contribution in [0.1, 0.15) is 22.0 Å². The van der Waals surface area contributed by atoms with Gasteiger partial charge in [-0.3, -0.25) is 4.79 Å². The summed E-state index contributed by atoms with van der Waals surface area (Å²) in [6.45, 7) is 0.407. The number of rotatable bonds is 1. The highest BCUT2D eigenvalue weighted by molar-refractivity contribution is 6.30. The Hall–Kier alpha value is -2.00. The summed E-state index contributed by atoms with van der Waals surface area (Å²) in [5.41, 5.74) is 1.55. The summed E-state index contributed by atoms with van der Waals surface area (Å²) in [7, 11) is 0. The van der Waals surface area contributed by atoms with Gasteiger partial charge in [-0.25, -0.2) is 0 Å². The number of hydrogen-bond acceptors (Lipinski definition) is 2. The van der Waals surface area contributed by atoms with Crippen molar-refractivity contribution in [1.29, 1.82) is 0 Å². The monoisotopic (exact) mass is 273 g/mol. The molecule has 0 aromatic heterocycles. The third kappa shape index (κ3) is 2.42. The van der Waals surface area contributed by atoms with Gasteiger partial charge in [-0.05, 0) is 29.8 Å². The fourth-order valence-corrected chi connectivity index (χ4v) is 2.23. The van der Waals surface area contributed by atoms with Crippen molar-refractivity contribution in [2.24, 2.45) is 0 Å². The Labute approximate surface area is 116 Å². The van der Waals surface area contributed by atoms with Crippen LogP contribution in [0.3, 0.4) is 0 Å². The summed E-state index contributed by atoms with van der Waals surface area (Å²) in [6.07, 6.45) is 0. The van der Waals surface area contributed by atoms with Crippen molar-refractivity contribution in [3.8, 4) is 5.75 Å². The van der Waals surface area contributed by atoms with Crippen molar-refractivity contribution in [1.82, 2.24) is 5.32 Å². The largest absolute Gasteiger partial charge is 0.490 e. The molecule has 96 valence electrons. The van der Waals surface area contributed by atoms with Crippen LogP contribution in [0.2, 0.25) is 5.02 Å². The van der Waals surface area contributed by atoms with E-state index in [0.29, 0.717) is 22.9 Å². The van der Waals surface area contributed by atoms with E-state index in [-0.39, 0.29) is 11.9 Å². The summed E-state index contributed by atoms with van der Waals surface area (Å²) in [5, 5.41) is 3.64. The third-order valence-corrected chi connectivity index (χ3v) is 3.37. The Balaban J connectivity index is 1.89. The van der Waals surface area contributed by atoms with Crippen LogP contribution in [0.25, 0.3) is 0 Å². The van der Waals surface area contributed by atoms with Crippen molar-refractivity contribution >= 4 is 17.5 Å². The molecule has 2 aromatic carbocycles. The van der Waals surface area contributed by atoms with Gasteiger partial charge in [0.1, 0.15) is 12.4 Å². The number of para-hydroxylation sites is 1. The number of carbonyl (C=O) groups is 1. The molecule has 0 spiro atoms. The van der Waals surface area contributed by atoms with E-state index in [2.05, 4.69) is 5.32 Å². The van der Waals surface area contributed by atoms with Gasteiger partial charge < -0.3 is 10.1 Å². The molecule has 19 heavy (non-hydrogen) atoms. The number of halogens is 1. The average Bonchev–Trinajstić information content (AvgIpc) is 2.60. The number of hydrogen-bond donors (Lipinski definition) is 1. The fraction of sp³-hybridized carbons (Fsp3) is 0.133. The van der Waals surface area contributed by atoms with E-state index in [1.807, 2.05) is 24.3 Å². The zero-order valence-corrected chi connectivity index (χ0v) is 10.9. The highest BCUT2D eigenvalue weighted by Crippen LogP contribution is 2.25. The molecule has 1 aliphatic heterocycles. The minimum absolute atomic E-state index is 0.118. The molecule has 1 aliphatic rings. The predicted molar refractivity (Wildman–Crippen MR) is 73.6 cm³/mol. The van der Waals surface area contributed by atoms with Gasteiger partial charge in [0.15, 0.2) is 0 Å². The lowest BCUT2D eigenvalue weighted by Crippen LogP contribution is -2.29. The van der Waals surface area contributed by atoms with Crippen molar-refractivity contribution in [3.05, 3.63) is 64.7 Å². The molecule has 1 N–H and O–H groups in total. The van der Waals surface area contributed by atoms with Crippen LogP contribution in [0.15, 0.2) is 48.5 Å². The average molecular weight is 274 g/mol. The molecule has 0 aliphatic carbocycles. The van der Waals surface area contributed by atoms with Crippen molar-refractivity contribution < 1.29 is 9.53 Å². The van der Waals surface area contributed by atoms with Crippen molar-refractivity contribution in [3.63, 3.8) is 0 Å². The van der Waals surface area contributed by atoms with Gasteiger partial charge in [0, 0.05) is 5.02 Å². The van der Waals surface area contributed by atoms with Gasteiger partial charge in [-0.2, -0.15) is 0 Å². The summed E-state index contributed by atoms with van der Waals surface area (Å²) in [4.78, 5) is 12.1. The van der Waals surface area contributed by atoms with E-state index in [9.17, 15) is 4.79 Å². The zero-order valence-electron chi connectivity index (χ0n) is 10.1. The Kier molecular flexibility index (Phi) is 3.13. The van der Waals surface area contributed by atoms with Gasteiger partial charge in [-0.1, -0.05) is 35.9 Å². The zero-order chi connectivity index (χ0) is 13.2. The number of benzene rings is 2. The van der Waals surface area contributed by atoms with E-state index < -0.39 is 0 Å². The molecule has 0 saturated heterocycles. The number of fused-ring (bicyclic) bond motifs is 1. The number of carbonyl (C=O) groups excluding carboxylic acids is 1. The van der Waals surface area contributed by atoms with Gasteiger partial charge in [-0.15, -0.1) is 0 Å². The van der Waals surface area contributed by atoms with Crippen LogP contribution in [-0.4, -0.2) is 12.5 Å². The molecule has 1 amide bonds. The lowest BCUT2D eigenvalue weighted by molar-refractivity contribution is 0.0938. The highest BCUT2D eigenvalue weighted by atomic mass is 35.5. The minimum Gasteiger partial charge on any atom is -0.490 e. The molecule has 3 nitrogen and oxygen atoms in total. The number of ether oxygens (including phenoxy) is 1. The quantitative estimate of drug-likeness (QED) is 0.866. The molecule has 1 heterocycles. The minimum atomic E-state index is -0.169. The fourth-order valence-electron chi connectivity index (χ4n) is 2.11. The summed E-state index contributed by atoms with van der Waals surface area (Å²) in [6, 6.07) is 14.5. The topological polar surface area (TPSA) is 38.3 Å². The van der Waals surface area contributed by atoms with Crippen LogP contribution in [0, 0.1) is 0 Å². The molecule has 0 bridgehead atoms. The first-order valence-corrected chi connectivity index (χ1v) is 6.40. The normalized spacial score (nSPS) is 17.9. The second-order valence-corrected chi connectivity index (χ2v) is 4.82. The maximum Gasteiger partial charge on any atom is 0.255 e. The van der Waals surface area contributed by atoms with Crippen molar-refractivity contribution in [2.45, 2.75) is 6.04 Å². The van der Waals surface area contributed by atoms with Crippen LogP contribution in [0.4, 0.5) is 0 Å². The standard InChI is InChI=1S/C15H12ClNO2/c16-11-7-5-10(6-8-11)13-9-19-14-4-2-1-3-12(14)15(18)17-13/h1-8,13H,9H2,(H,17,18). The van der Waals surface area contributed by atoms with Crippen LogP contribution in [-0.2, 0) is 0 Å². The van der Waals surface area contributed by atoms with Gasteiger partial charge >= 0.3 is 0 Å². The highest BCUT2D eigenvalue weighted by Gasteiger charge is 2.23. The smallest absolute Gasteiger partial charge is 0.255 e. The molecule has 0 fully saturated rings. The second kappa shape index (κ2) is 4.94. The molecular weight excluding hydrogens is 262 g/mol. The molecule has 3 rings (SSSR count). The first-order chi connectivity index (χ1) is 9.24. The molecule has 1 unspecified atom stereocenters. The van der Waals surface area contributed by atoms with E-state index in [1.165, 1.54) is 0 Å². The molecule has 0 radical (unpaired) electrons. The lowest BCUT2D eigenvalue weighted by Gasteiger charge is -2.15. The maximum atomic E-state index is 12.1. The Morgan fingerprint density at radius 1 is 1.11 bits per heavy atom. The first kappa shape index (κ1) is 12.1. The Morgan fingerprint density at radius 3 is 2.63 bits per heavy atom. The molecule has 1 atom stereocenters. The maximum absolute atomic E-state index is 12.1. The second-order valence-electron chi connectivity index (χ2n) is 4.38. The summed E-state index contributed by atoms with van der Waals surface area (Å²) in [5.74, 6) is 0.504. The van der Waals surface area contributed by atoms with E-state index >= 15 is 0 Å². The molecule has 2 aromatic rings. The van der Waals surface area contributed by atoms with Crippen LogP contribution >= 0.6 is 11.6 Å². The van der Waals surface area contributed by atoms with Gasteiger partial charge in [0.05, 0.1) is 11.6 Å². The summed E-state index contributed by atoms with van der Waals surface area (Å²) < 4.78 is 5.70. The SMILES string of the molecule is O=C1NC(c2ccc(Cl)cc2)COc2ccccc21. The van der Waals surface area contributed by atoms with Crippen molar-refractivity contribution in [2.75, 3.05) is 6.61 Å². The molecule has 4 heteroatoms. The Morgan fingerprint density at radius 2 is 1.84 bits per heavy atom. The van der Waals surface area contributed by atoms with E-state index in [1.54, 1.807) is 24.3 Å².